The zero-order valence-corrected chi connectivity index (χ0v) is 17.7. The van der Waals surface area contributed by atoms with E-state index in [1.54, 1.807) is 6.20 Å². The Bertz CT molecular complexity index is 472. The number of imidazole rings is 1. The summed E-state index contributed by atoms with van der Waals surface area (Å²) in [4.78, 5) is 29.8. The SMILES string of the molecule is CCCCCCCCCCCC(=O)NC(Cc1cnc[nH]1)C(=O)O.[H-].[Na+]. The van der Waals surface area contributed by atoms with E-state index >= 15 is 0 Å². The van der Waals surface area contributed by atoms with Gasteiger partial charge >= 0.3 is 35.5 Å². The molecule has 1 unspecified atom stereocenters. The molecule has 3 N–H and O–H groups in total. The largest absolute Gasteiger partial charge is 1.00 e. The van der Waals surface area contributed by atoms with Crippen molar-refractivity contribution in [3.8, 4) is 0 Å². The average Bonchev–Trinajstić information content (AvgIpc) is 3.05. The second-order valence-corrected chi connectivity index (χ2v) is 6.32. The first-order valence-corrected chi connectivity index (χ1v) is 9.13. The molecule has 6 nitrogen and oxygen atoms in total. The van der Waals surface area contributed by atoms with Crippen LogP contribution in [0.15, 0.2) is 12.5 Å². The van der Waals surface area contributed by atoms with Gasteiger partial charge in [0, 0.05) is 24.7 Å². The van der Waals surface area contributed by atoms with Crippen molar-refractivity contribution in [3.63, 3.8) is 0 Å². The Morgan fingerprint density at radius 1 is 1.16 bits per heavy atom. The molecule has 1 heterocycles. The van der Waals surface area contributed by atoms with Crippen LogP contribution >= 0.6 is 0 Å². The summed E-state index contributed by atoms with van der Waals surface area (Å²) in [6, 6.07) is -0.906. The van der Waals surface area contributed by atoms with E-state index in [9.17, 15) is 14.7 Å². The fourth-order valence-electron chi connectivity index (χ4n) is 2.68. The minimum Gasteiger partial charge on any atom is -1.00 e. The predicted molar refractivity (Wildman–Crippen MR) is 94.8 cm³/mol. The fourth-order valence-corrected chi connectivity index (χ4v) is 2.68. The summed E-state index contributed by atoms with van der Waals surface area (Å²) in [7, 11) is 0. The number of unbranched alkanes of at least 4 members (excludes halogenated alkanes) is 8. The van der Waals surface area contributed by atoms with Crippen molar-refractivity contribution in [2.45, 2.75) is 83.6 Å². The Balaban J connectivity index is 0. The number of amides is 1. The van der Waals surface area contributed by atoms with E-state index in [2.05, 4.69) is 22.2 Å². The minimum absolute atomic E-state index is 0. The van der Waals surface area contributed by atoms with Crippen molar-refractivity contribution in [1.29, 1.82) is 0 Å². The minimum atomic E-state index is -1.02. The van der Waals surface area contributed by atoms with Crippen molar-refractivity contribution in [3.05, 3.63) is 18.2 Å². The molecule has 0 aliphatic carbocycles. The number of aliphatic carboxylic acids is 1. The summed E-state index contributed by atoms with van der Waals surface area (Å²) < 4.78 is 0. The molecular formula is C18H32N3NaO3. The van der Waals surface area contributed by atoms with Crippen LogP contribution in [0.25, 0.3) is 0 Å². The summed E-state index contributed by atoms with van der Waals surface area (Å²) in [6.45, 7) is 2.22. The van der Waals surface area contributed by atoms with E-state index in [0.717, 1.165) is 19.3 Å². The third-order valence-electron chi connectivity index (χ3n) is 4.12. The zero-order chi connectivity index (χ0) is 17.6. The Hall–Kier alpha value is -0.850. The fraction of sp³-hybridized carbons (Fsp3) is 0.722. The molecule has 0 bridgehead atoms. The molecule has 1 amide bonds. The number of nitrogens with zero attached hydrogens (tertiary/aromatic N) is 1. The van der Waals surface area contributed by atoms with E-state index in [1.165, 1.54) is 44.9 Å². The first-order chi connectivity index (χ1) is 11.6. The maximum absolute atomic E-state index is 11.9. The molecule has 7 heteroatoms. The standard InChI is InChI=1S/C18H31N3O3.Na.H/c1-2-3-4-5-6-7-8-9-10-11-17(22)21-16(18(23)24)12-15-13-19-14-20-15;;/h13-14,16H,2-12H2,1H3,(H,19,20)(H,21,22)(H,23,24);;/q;+1;-1. The van der Waals surface area contributed by atoms with Crippen molar-refractivity contribution in [2.75, 3.05) is 0 Å². The van der Waals surface area contributed by atoms with Crippen LogP contribution in [-0.4, -0.2) is 33.0 Å². The van der Waals surface area contributed by atoms with Crippen LogP contribution in [0.5, 0.6) is 0 Å². The number of aromatic nitrogens is 2. The number of carbonyl (C=O) groups is 2. The molecule has 0 aliphatic heterocycles. The Morgan fingerprint density at radius 2 is 1.76 bits per heavy atom. The molecule has 0 fully saturated rings. The summed E-state index contributed by atoms with van der Waals surface area (Å²) in [5.74, 6) is -1.21. The Labute approximate surface area is 174 Å². The number of nitrogens with one attached hydrogen (secondary N) is 2. The first kappa shape index (κ1) is 24.1. The van der Waals surface area contributed by atoms with Gasteiger partial charge in [-0.1, -0.05) is 58.3 Å². The molecule has 0 aromatic carbocycles. The summed E-state index contributed by atoms with van der Waals surface area (Å²) in [6.07, 6.45) is 14.4. The number of carboxylic acids is 1. The number of carbonyl (C=O) groups excluding carboxylic acids is 1. The van der Waals surface area contributed by atoms with E-state index in [4.69, 9.17) is 0 Å². The zero-order valence-electron chi connectivity index (χ0n) is 16.7. The predicted octanol–water partition coefficient (Wildman–Crippen LogP) is 0.559. The number of hydrogen-bond donors (Lipinski definition) is 3. The number of hydrogen-bond acceptors (Lipinski definition) is 3. The van der Waals surface area contributed by atoms with E-state index < -0.39 is 12.0 Å². The van der Waals surface area contributed by atoms with Crippen LogP contribution in [0.2, 0.25) is 0 Å². The summed E-state index contributed by atoms with van der Waals surface area (Å²) in [5.41, 5.74) is 0.700. The third kappa shape index (κ3) is 12.2. The number of aromatic amines is 1. The molecule has 1 aromatic heterocycles. The van der Waals surface area contributed by atoms with Gasteiger partial charge < -0.3 is 16.8 Å². The van der Waals surface area contributed by atoms with Gasteiger partial charge in [0.1, 0.15) is 6.04 Å². The van der Waals surface area contributed by atoms with Crippen LogP contribution in [0.1, 0.15) is 78.3 Å². The van der Waals surface area contributed by atoms with Crippen molar-refractivity contribution in [1.82, 2.24) is 15.3 Å². The number of H-pyrrole nitrogens is 1. The van der Waals surface area contributed by atoms with Gasteiger partial charge in [0.25, 0.3) is 0 Å². The van der Waals surface area contributed by atoms with Crippen molar-refractivity contribution >= 4 is 11.9 Å². The van der Waals surface area contributed by atoms with Gasteiger partial charge in [0.2, 0.25) is 5.91 Å². The van der Waals surface area contributed by atoms with Crippen LogP contribution in [-0.2, 0) is 16.0 Å². The third-order valence-corrected chi connectivity index (χ3v) is 4.12. The number of carboxylic acid groups (broad SMARTS) is 1. The second kappa shape index (κ2) is 15.4. The normalized spacial score (nSPS) is 11.6. The molecule has 1 rings (SSSR count). The van der Waals surface area contributed by atoms with Gasteiger partial charge in [-0.2, -0.15) is 0 Å². The molecule has 0 saturated heterocycles. The van der Waals surface area contributed by atoms with Crippen LogP contribution < -0.4 is 34.9 Å². The quantitative estimate of drug-likeness (QED) is 0.333. The van der Waals surface area contributed by atoms with Gasteiger partial charge in [-0.3, -0.25) is 4.79 Å². The van der Waals surface area contributed by atoms with E-state index in [1.807, 2.05) is 0 Å². The van der Waals surface area contributed by atoms with Gasteiger partial charge in [-0.15, -0.1) is 0 Å². The van der Waals surface area contributed by atoms with Gasteiger partial charge in [-0.05, 0) is 6.42 Å². The molecule has 1 aromatic rings. The molecule has 0 spiro atoms. The molecule has 138 valence electrons. The molecule has 0 saturated carbocycles. The topological polar surface area (TPSA) is 95.1 Å². The Morgan fingerprint density at radius 3 is 2.28 bits per heavy atom. The van der Waals surface area contributed by atoms with Gasteiger partial charge in [0.05, 0.1) is 6.33 Å². The van der Waals surface area contributed by atoms with Crippen molar-refractivity contribution in [2.24, 2.45) is 0 Å². The van der Waals surface area contributed by atoms with Gasteiger partial charge in [-0.25, -0.2) is 9.78 Å². The van der Waals surface area contributed by atoms with Gasteiger partial charge in [0.15, 0.2) is 0 Å². The van der Waals surface area contributed by atoms with Crippen molar-refractivity contribution < 1.29 is 45.7 Å². The van der Waals surface area contributed by atoms with Crippen LogP contribution in [0, 0.1) is 0 Å². The average molecular weight is 361 g/mol. The maximum Gasteiger partial charge on any atom is 1.00 e. The molecule has 1 atom stereocenters. The van der Waals surface area contributed by atoms with Crippen LogP contribution in [0.4, 0.5) is 0 Å². The van der Waals surface area contributed by atoms with E-state index in [-0.39, 0.29) is 43.3 Å². The van der Waals surface area contributed by atoms with E-state index in [0.29, 0.717) is 12.1 Å². The smallest absolute Gasteiger partial charge is 1.00 e. The summed E-state index contributed by atoms with van der Waals surface area (Å²) >= 11 is 0. The molecule has 25 heavy (non-hydrogen) atoms. The van der Waals surface area contributed by atoms with Crippen LogP contribution in [0.3, 0.4) is 0 Å². The first-order valence-electron chi connectivity index (χ1n) is 9.13. The molecule has 0 aliphatic rings. The molecular weight excluding hydrogens is 329 g/mol. The monoisotopic (exact) mass is 361 g/mol. The molecule has 0 radical (unpaired) electrons. The maximum atomic E-state index is 11.9. The Kier molecular flexibility index (Phi) is 14.9. The summed E-state index contributed by atoms with van der Waals surface area (Å²) in [5, 5.41) is 11.8. The number of rotatable bonds is 14. The second-order valence-electron chi connectivity index (χ2n) is 6.32.